The highest BCUT2D eigenvalue weighted by molar-refractivity contribution is 6.35. The first-order chi connectivity index (χ1) is 20.0. The average molecular weight is 595 g/mol. The fourth-order valence-electron chi connectivity index (χ4n) is 4.73. The number of methoxy groups -OCH3 is 1. The lowest BCUT2D eigenvalue weighted by Crippen LogP contribution is -2.21. The first-order valence-corrected chi connectivity index (χ1v) is 14.4. The Bertz CT molecular complexity index is 1510. The summed E-state index contributed by atoms with van der Waals surface area (Å²) >= 11 is 12.2. The van der Waals surface area contributed by atoms with Gasteiger partial charge in [0, 0.05) is 39.3 Å². The normalized spacial score (nSPS) is 13.9. The van der Waals surface area contributed by atoms with E-state index in [9.17, 15) is 0 Å². The van der Waals surface area contributed by atoms with Gasteiger partial charge < -0.3 is 24.5 Å². The van der Waals surface area contributed by atoms with Crippen molar-refractivity contribution in [1.82, 2.24) is 14.9 Å². The molecule has 3 aromatic carbocycles. The summed E-state index contributed by atoms with van der Waals surface area (Å²) < 4.78 is 11.7. The number of rotatable bonds is 12. The summed E-state index contributed by atoms with van der Waals surface area (Å²) in [5.74, 6) is 2.02. The number of hydrogen-bond acceptors (Lipinski definition) is 8. The van der Waals surface area contributed by atoms with Gasteiger partial charge in [0.05, 0.1) is 24.9 Å². The Hall–Kier alpha value is -3.59. The fraction of sp³-hybridized carbons (Fsp3) is 0.323. The Kier molecular flexibility index (Phi) is 9.77. The molecule has 1 aliphatic rings. The Balaban J connectivity index is 1.24. The van der Waals surface area contributed by atoms with Crippen molar-refractivity contribution in [2.75, 3.05) is 38.7 Å². The zero-order valence-electron chi connectivity index (χ0n) is 23.2. The average Bonchev–Trinajstić information content (AvgIpc) is 3.50. The molecule has 214 valence electrons. The summed E-state index contributed by atoms with van der Waals surface area (Å²) in [7, 11) is 1.64. The molecule has 41 heavy (non-hydrogen) atoms. The number of likely N-dealkylation sites (tertiary alicyclic amines) is 1. The van der Waals surface area contributed by atoms with Crippen molar-refractivity contribution < 1.29 is 14.3 Å². The first kappa shape index (κ1) is 28.9. The number of benzene rings is 3. The van der Waals surface area contributed by atoms with E-state index in [2.05, 4.69) is 25.3 Å². The lowest BCUT2D eigenvalue weighted by molar-refractivity contribution is 0.130. The summed E-state index contributed by atoms with van der Waals surface area (Å²) in [5.41, 5.74) is 4.13. The second-order valence-corrected chi connectivity index (χ2v) is 10.7. The van der Waals surface area contributed by atoms with E-state index < -0.39 is 0 Å². The number of fused-ring (bicyclic) bond motifs is 1. The molecule has 1 fully saturated rings. The van der Waals surface area contributed by atoms with Crippen molar-refractivity contribution in [3.63, 3.8) is 0 Å². The third-order valence-electron chi connectivity index (χ3n) is 7.00. The van der Waals surface area contributed by atoms with Crippen LogP contribution in [0, 0.1) is 0 Å². The number of halogens is 2. The van der Waals surface area contributed by atoms with Crippen LogP contribution in [0.25, 0.3) is 10.9 Å². The zero-order chi connectivity index (χ0) is 28.6. The van der Waals surface area contributed by atoms with E-state index >= 15 is 0 Å². The summed E-state index contributed by atoms with van der Waals surface area (Å²) in [6.07, 6.45) is 5.09. The molecule has 0 saturated carbocycles. The van der Waals surface area contributed by atoms with Gasteiger partial charge >= 0.3 is 0 Å². The topological polar surface area (TPSA) is 81.1 Å². The Morgan fingerprint density at radius 3 is 2.56 bits per heavy atom. The molecule has 0 spiro atoms. The van der Waals surface area contributed by atoms with Crippen molar-refractivity contribution >= 4 is 51.3 Å². The molecule has 0 aliphatic carbocycles. The molecule has 8 nitrogen and oxygen atoms in total. The number of aromatic nitrogens is 2. The van der Waals surface area contributed by atoms with Crippen LogP contribution in [-0.4, -0.2) is 53.9 Å². The maximum absolute atomic E-state index is 6.21. The molecule has 1 aromatic heterocycles. The van der Waals surface area contributed by atoms with Crippen LogP contribution in [-0.2, 0) is 11.4 Å². The minimum absolute atomic E-state index is 0.253. The highest BCUT2D eigenvalue weighted by Gasteiger charge is 2.14. The highest BCUT2D eigenvalue weighted by atomic mass is 35.5. The fourth-order valence-corrected chi connectivity index (χ4v) is 5.20. The second kappa shape index (κ2) is 13.9. The van der Waals surface area contributed by atoms with Crippen LogP contribution in [0.4, 0.5) is 11.5 Å². The molecule has 1 saturated heterocycles. The molecular formula is C31H33Cl2N5O3. The minimum atomic E-state index is 0.253. The van der Waals surface area contributed by atoms with E-state index in [4.69, 9.17) is 37.5 Å². The van der Waals surface area contributed by atoms with E-state index in [1.54, 1.807) is 19.2 Å². The number of oxime groups is 1. The van der Waals surface area contributed by atoms with Gasteiger partial charge in [0.1, 0.15) is 18.8 Å². The molecule has 2 heterocycles. The summed E-state index contributed by atoms with van der Waals surface area (Å²) in [6, 6.07) is 17.0. The summed E-state index contributed by atoms with van der Waals surface area (Å²) in [5, 5.41) is 9.63. The Labute approximate surface area is 250 Å². The molecule has 0 amide bonds. The maximum atomic E-state index is 6.21. The summed E-state index contributed by atoms with van der Waals surface area (Å²) in [6.45, 7) is 6.19. The lowest BCUT2D eigenvalue weighted by Gasteiger charge is -2.16. The van der Waals surface area contributed by atoms with Crippen molar-refractivity contribution in [3.8, 4) is 11.5 Å². The number of nitrogens with zero attached hydrogens (tertiary/aromatic N) is 4. The number of hydrogen-bond donors (Lipinski definition) is 1. The summed E-state index contributed by atoms with van der Waals surface area (Å²) in [4.78, 5) is 17.0. The quantitative estimate of drug-likeness (QED) is 0.103. The molecule has 0 bridgehead atoms. The standard InChI is InChI=1S/C31H33Cl2N5O3/c1-21(37-41-19-23-6-9-24(32)16-27(23)33)22-7-10-25(11-8-22)36-31-26-17-30(29(39-2)18-28(26)34-20-35-31)40-15-5-14-38-12-3-4-13-38/h6-11,16-18,20H,3-5,12-15,19H2,1-2H3,(H,34,35,36). The van der Waals surface area contributed by atoms with Gasteiger partial charge in [-0.05, 0) is 75.2 Å². The minimum Gasteiger partial charge on any atom is -0.493 e. The predicted molar refractivity (Wildman–Crippen MR) is 165 cm³/mol. The molecule has 10 heteroatoms. The molecular weight excluding hydrogens is 561 g/mol. The van der Waals surface area contributed by atoms with Crippen LogP contribution in [0.2, 0.25) is 10.0 Å². The number of anilines is 2. The van der Waals surface area contributed by atoms with E-state index in [0.29, 0.717) is 34.0 Å². The van der Waals surface area contributed by atoms with E-state index in [-0.39, 0.29) is 6.61 Å². The van der Waals surface area contributed by atoms with Crippen LogP contribution in [0.5, 0.6) is 11.5 Å². The molecule has 0 atom stereocenters. The van der Waals surface area contributed by atoms with Gasteiger partial charge in [0.2, 0.25) is 0 Å². The first-order valence-electron chi connectivity index (χ1n) is 13.7. The molecule has 0 unspecified atom stereocenters. The number of nitrogens with one attached hydrogen (secondary N) is 1. The lowest BCUT2D eigenvalue weighted by atomic mass is 10.1. The highest BCUT2D eigenvalue weighted by Crippen LogP contribution is 2.35. The van der Waals surface area contributed by atoms with Gasteiger partial charge in [0.15, 0.2) is 11.5 Å². The van der Waals surface area contributed by atoms with Gasteiger partial charge in [-0.1, -0.05) is 46.6 Å². The van der Waals surface area contributed by atoms with E-state index in [1.165, 1.54) is 32.3 Å². The van der Waals surface area contributed by atoms with Crippen LogP contribution in [0.3, 0.4) is 0 Å². The Morgan fingerprint density at radius 1 is 1.00 bits per heavy atom. The monoisotopic (exact) mass is 593 g/mol. The van der Waals surface area contributed by atoms with Crippen molar-refractivity contribution in [3.05, 3.63) is 82.1 Å². The van der Waals surface area contributed by atoms with Gasteiger partial charge in [-0.25, -0.2) is 9.97 Å². The predicted octanol–water partition coefficient (Wildman–Crippen LogP) is 7.49. The van der Waals surface area contributed by atoms with Crippen LogP contribution in [0.15, 0.2) is 66.1 Å². The second-order valence-electron chi connectivity index (χ2n) is 9.88. The van der Waals surface area contributed by atoms with Gasteiger partial charge in [-0.3, -0.25) is 0 Å². The van der Waals surface area contributed by atoms with Crippen LogP contribution < -0.4 is 14.8 Å². The molecule has 0 radical (unpaired) electrons. The molecule has 5 rings (SSSR count). The zero-order valence-corrected chi connectivity index (χ0v) is 24.7. The van der Waals surface area contributed by atoms with Crippen LogP contribution >= 0.6 is 23.2 Å². The van der Waals surface area contributed by atoms with Crippen molar-refractivity contribution in [2.45, 2.75) is 32.8 Å². The van der Waals surface area contributed by atoms with Gasteiger partial charge in [-0.15, -0.1) is 0 Å². The molecule has 1 aliphatic heterocycles. The van der Waals surface area contributed by atoms with E-state index in [1.807, 2.05) is 49.4 Å². The van der Waals surface area contributed by atoms with Crippen molar-refractivity contribution in [1.29, 1.82) is 0 Å². The Morgan fingerprint density at radius 2 is 1.80 bits per heavy atom. The largest absolute Gasteiger partial charge is 0.493 e. The molecule has 1 N–H and O–H groups in total. The van der Waals surface area contributed by atoms with Gasteiger partial charge in [0.25, 0.3) is 0 Å². The SMILES string of the molecule is COc1cc2ncnc(Nc3ccc(C(C)=NOCc4ccc(Cl)cc4Cl)cc3)c2cc1OCCCN1CCCC1. The van der Waals surface area contributed by atoms with Crippen molar-refractivity contribution in [2.24, 2.45) is 5.16 Å². The third kappa shape index (κ3) is 7.58. The number of ether oxygens (including phenoxy) is 2. The van der Waals surface area contributed by atoms with E-state index in [0.717, 1.165) is 46.4 Å². The van der Waals surface area contributed by atoms with Crippen LogP contribution in [0.1, 0.15) is 37.3 Å². The molecule has 4 aromatic rings. The maximum Gasteiger partial charge on any atom is 0.162 e. The van der Waals surface area contributed by atoms with Gasteiger partial charge in [-0.2, -0.15) is 0 Å². The third-order valence-corrected chi connectivity index (χ3v) is 7.58. The smallest absolute Gasteiger partial charge is 0.162 e.